The molecule has 2 nitrogen and oxygen atoms in total. The van der Waals surface area contributed by atoms with Gasteiger partial charge in [-0.1, -0.05) is 27.7 Å². The van der Waals surface area contributed by atoms with Crippen LogP contribution in [0.4, 0.5) is 14.5 Å². The second kappa shape index (κ2) is 10.5. The summed E-state index contributed by atoms with van der Waals surface area (Å²) in [6, 6.07) is 3.19. The Kier molecular flexibility index (Phi) is 11.0. The summed E-state index contributed by atoms with van der Waals surface area (Å²) in [4.78, 5) is 0. The predicted molar refractivity (Wildman–Crippen MR) is 80.9 cm³/mol. The lowest BCUT2D eigenvalue weighted by Gasteiger charge is -2.14. The summed E-state index contributed by atoms with van der Waals surface area (Å²) >= 11 is 0. The molecular weight excluding hydrogens is 246 g/mol. The van der Waals surface area contributed by atoms with Crippen molar-refractivity contribution in [2.75, 3.05) is 12.4 Å². The summed E-state index contributed by atoms with van der Waals surface area (Å²) in [6.07, 6.45) is -2.55. The molecule has 0 aliphatic carbocycles. The van der Waals surface area contributed by atoms with Crippen LogP contribution in [-0.2, 0) is 0 Å². The van der Waals surface area contributed by atoms with E-state index >= 15 is 0 Å². The van der Waals surface area contributed by atoms with Gasteiger partial charge in [-0.05, 0) is 31.5 Å². The summed E-state index contributed by atoms with van der Waals surface area (Å²) in [6.45, 7) is 11.3. The fraction of sp³-hybridized carbons (Fsp3) is 0.533. The van der Waals surface area contributed by atoms with E-state index in [-0.39, 0.29) is 11.3 Å². The van der Waals surface area contributed by atoms with Gasteiger partial charge < -0.3 is 10.7 Å². The first-order valence-corrected chi connectivity index (χ1v) is 6.63. The van der Waals surface area contributed by atoms with Crippen LogP contribution >= 0.6 is 0 Å². The van der Waals surface area contributed by atoms with Crippen molar-refractivity contribution in [1.82, 2.24) is 0 Å². The van der Waals surface area contributed by atoms with Crippen LogP contribution in [0.5, 0.6) is 0 Å². The molecule has 4 heteroatoms. The van der Waals surface area contributed by atoms with E-state index < -0.39 is 6.43 Å². The van der Waals surface area contributed by atoms with Gasteiger partial charge in [0.15, 0.2) is 0 Å². The lowest BCUT2D eigenvalue weighted by atomic mass is 9.99. The van der Waals surface area contributed by atoms with Gasteiger partial charge in [0.25, 0.3) is 6.43 Å². The van der Waals surface area contributed by atoms with Crippen molar-refractivity contribution in [3.05, 3.63) is 28.8 Å². The molecule has 19 heavy (non-hydrogen) atoms. The maximum atomic E-state index is 12.8. The van der Waals surface area contributed by atoms with Gasteiger partial charge in [0.2, 0.25) is 0 Å². The number of anilines is 1. The predicted octanol–water partition coefficient (Wildman–Crippen LogP) is 5.41. The average Bonchev–Trinajstić information content (AvgIpc) is 2.41. The van der Waals surface area contributed by atoms with E-state index in [1.165, 1.54) is 13.0 Å². The van der Waals surface area contributed by atoms with Crippen LogP contribution < -0.4 is 5.32 Å². The van der Waals surface area contributed by atoms with Crippen molar-refractivity contribution in [2.24, 2.45) is 0 Å². The molecular formula is C15H26F2N2. The molecule has 1 aromatic rings. The number of halogens is 2. The largest absolute Gasteiger partial charge is 0.388 e. The minimum atomic E-state index is -2.55. The van der Waals surface area contributed by atoms with Crippen molar-refractivity contribution < 1.29 is 8.78 Å². The highest BCUT2D eigenvalue weighted by molar-refractivity contribution is 6.03. The molecule has 0 saturated carbocycles. The van der Waals surface area contributed by atoms with E-state index in [0.29, 0.717) is 11.3 Å². The Morgan fingerprint density at radius 2 is 1.63 bits per heavy atom. The first-order chi connectivity index (χ1) is 8.97. The van der Waals surface area contributed by atoms with Gasteiger partial charge in [-0.2, -0.15) is 0 Å². The summed E-state index contributed by atoms with van der Waals surface area (Å²) in [5.74, 6) is 0. The Bertz CT molecular complexity index is 388. The topological polar surface area (TPSA) is 35.9 Å². The molecule has 0 bridgehead atoms. The van der Waals surface area contributed by atoms with Gasteiger partial charge in [-0.25, -0.2) is 8.78 Å². The van der Waals surface area contributed by atoms with E-state index in [2.05, 4.69) is 5.32 Å². The first-order valence-electron chi connectivity index (χ1n) is 6.63. The van der Waals surface area contributed by atoms with Gasteiger partial charge in [-0.15, -0.1) is 0 Å². The number of hydrogen-bond donors (Lipinski definition) is 2. The molecule has 110 valence electrons. The molecule has 0 spiro atoms. The second-order valence-electron chi connectivity index (χ2n) is 3.45. The number of aryl methyl sites for hydroxylation is 1. The van der Waals surface area contributed by atoms with Crippen LogP contribution in [0.15, 0.2) is 12.1 Å². The number of benzene rings is 1. The Hall–Kier alpha value is -1.45. The number of hydrogen-bond acceptors (Lipinski definition) is 2. The minimum absolute atomic E-state index is 0.0770. The van der Waals surface area contributed by atoms with Crippen LogP contribution in [-0.4, -0.2) is 12.8 Å². The Morgan fingerprint density at radius 1 is 1.16 bits per heavy atom. The monoisotopic (exact) mass is 272 g/mol. The highest BCUT2D eigenvalue weighted by Crippen LogP contribution is 2.30. The number of nitrogens with one attached hydrogen (secondary N) is 2. The molecule has 1 rings (SSSR count). The summed E-state index contributed by atoms with van der Waals surface area (Å²) in [5.41, 5.74) is 1.72. The highest BCUT2D eigenvalue weighted by Gasteiger charge is 2.17. The molecule has 0 amide bonds. The van der Waals surface area contributed by atoms with Crippen LogP contribution in [0.2, 0.25) is 0 Å². The van der Waals surface area contributed by atoms with E-state index in [9.17, 15) is 8.78 Å². The quantitative estimate of drug-likeness (QED) is 0.709. The van der Waals surface area contributed by atoms with E-state index in [1.54, 1.807) is 20.0 Å². The van der Waals surface area contributed by atoms with Crippen LogP contribution in [0.25, 0.3) is 0 Å². The smallest absolute Gasteiger partial charge is 0.264 e. The number of rotatable bonds is 3. The average molecular weight is 272 g/mol. The van der Waals surface area contributed by atoms with Crippen molar-refractivity contribution >= 4 is 11.4 Å². The highest BCUT2D eigenvalue weighted by atomic mass is 19.3. The normalized spacial score (nSPS) is 8.95. The molecule has 0 atom stereocenters. The molecule has 0 unspecified atom stereocenters. The summed E-state index contributed by atoms with van der Waals surface area (Å²) in [5, 5.41) is 10.3. The maximum Gasteiger partial charge on any atom is 0.264 e. The third-order valence-corrected chi connectivity index (χ3v) is 2.19. The Labute approximate surface area is 115 Å². The maximum absolute atomic E-state index is 12.8. The van der Waals surface area contributed by atoms with Gasteiger partial charge in [-0.3, -0.25) is 0 Å². The van der Waals surface area contributed by atoms with E-state index in [4.69, 9.17) is 5.41 Å². The zero-order valence-corrected chi connectivity index (χ0v) is 13.0. The second-order valence-corrected chi connectivity index (χ2v) is 3.45. The first kappa shape index (κ1) is 19.9. The molecule has 1 aromatic carbocycles. The lowest BCUT2D eigenvalue weighted by molar-refractivity contribution is 0.151. The molecule has 0 aliphatic rings. The van der Waals surface area contributed by atoms with Gasteiger partial charge >= 0.3 is 0 Å². The van der Waals surface area contributed by atoms with Crippen LogP contribution in [0, 0.1) is 12.3 Å². The summed E-state index contributed by atoms with van der Waals surface area (Å²) < 4.78 is 25.5. The Morgan fingerprint density at radius 3 is 1.95 bits per heavy atom. The zero-order chi connectivity index (χ0) is 15.6. The minimum Gasteiger partial charge on any atom is -0.388 e. The molecule has 0 aromatic heterocycles. The Balaban J connectivity index is 0. The van der Waals surface area contributed by atoms with Gasteiger partial charge in [0.05, 0.1) is 0 Å². The number of alkyl halides is 2. The fourth-order valence-corrected chi connectivity index (χ4v) is 1.60. The van der Waals surface area contributed by atoms with Gasteiger partial charge in [0, 0.05) is 29.6 Å². The molecule has 0 aliphatic heterocycles. The summed E-state index contributed by atoms with van der Waals surface area (Å²) in [7, 11) is 1.66. The standard InChI is InChI=1S/C11H14F2N2.2C2H6/c1-6-4-8(11(12)13)10(7(2)14)9(5-6)15-3;2*1-2/h4-5,11,14-15H,1-3H3;2*1-2H3. The van der Waals surface area contributed by atoms with Crippen molar-refractivity contribution in [1.29, 1.82) is 5.41 Å². The molecule has 0 saturated heterocycles. The lowest BCUT2D eigenvalue weighted by Crippen LogP contribution is -2.06. The van der Waals surface area contributed by atoms with Crippen LogP contribution in [0.1, 0.15) is 57.7 Å². The third kappa shape index (κ3) is 5.81. The molecule has 0 fully saturated rings. The zero-order valence-electron chi connectivity index (χ0n) is 13.0. The van der Waals surface area contributed by atoms with Gasteiger partial charge in [0.1, 0.15) is 0 Å². The SMILES string of the molecule is CC.CC.CNc1cc(C)cc(C(F)F)c1C(C)=N. The molecule has 0 radical (unpaired) electrons. The van der Waals surface area contributed by atoms with Crippen molar-refractivity contribution in [3.63, 3.8) is 0 Å². The van der Waals surface area contributed by atoms with Crippen LogP contribution in [0.3, 0.4) is 0 Å². The van der Waals surface area contributed by atoms with Crippen molar-refractivity contribution in [3.8, 4) is 0 Å². The molecule has 2 N–H and O–H groups in total. The third-order valence-electron chi connectivity index (χ3n) is 2.19. The molecule has 0 heterocycles. The van der Waals surface area contributed by atoms with E-state index in [0.717, 1.165) is 5.56 Å². The van der Waals surface area contributed by atoms with E-state index in [1.807, 2.05) is 27.7 Å². The van der Waals surface area contributed by atoms with Crippen molar-refractivity contribution in [2.45, 2.75) is 48.0 Å². The fourth-order valence-electron chi connectivity index (χ4n) is 1.60.